The molecule has 2 aromatic heterocycles. The summed E-state index contributed by atoms with van der Waals surface area (Å²) in [5.74, 6) is 0. The molecule has 136 valence electrons. The molecular formula is C27H17NS. The third kappa shape index (κ3) is 1.89. The maximum atomic E-state index is 3.87. The van der Waals surface area contributed by atoms with Gasteiger partial charge >= 0.3 is 0 Å². The van der Waals surface area contributed by atoms with Crippen molar-refractivity contribution in [2.24, 2.45) is 0 Å². The van der Waals surface area contributed by atoms with Crippen LogP contribution in [0.15, 0.2) is 78.9 Å². The third-order valence-corrected chi connectivity index (χ3v) is 7.47. The number of H-pyrrole nitrogens is 1. The van der Waals surface area contributed by atoms with Crippen molar-refractivity contribution in [3.63, 3.8) is 0 Å². The number of thiophene rings is 1. The number of fused-ring (bicyclic) bond motifs is 12. The molecule has 0 fully saturated rings. The molecular weight excluding hydrogens is 370 g/mol. The van der Waals surface area contributed by atoms with Crippen LogP contribution in [-0.2, 0) is 0 Å². The Morgan fingerprint density at radius 3 is 2.10 bits per heavy atom. The zero-order chi connectivity index (χ0) is 19.1. The van der Waals surface area contributed by atoms with E-state index in [4.69, 9.17) is 0 Å². The topological polar surface area (TPSA) is 15.8 Å². The average molecular weight is 388 g/mol. The minimum Gasteiger partial charge on any atom is -0.353 e. The number of benzene rings is 5. The molecule has 1 N–H and O–H groups in total. The van der Waals surface area contributed by atoms with Crippen molar-refractivity contribution in [2.75, 3.05) is 0 Å². The molecule has 0 aliphatic heterocycles. The Labute approximate surface area is 171 Å². The molecule has 0 saturated heterocycles. The van der Waals surface area contributed by atoms with Gasteiger partial charge in [0.2, 0.25) is 0 Å². The van der Waals surface area contributed by atoms with E-state index in [0.29, 0.717) is 0 Å². The first-order valence-corrected chi connectivity index (χ1v) is 10.8. The number of hydrogen-bond acceptors (Lipinski definition) is 1. The van der Waals surface area contributed by atoms with Gasteiger partial charge in [-0.25, -0.2) is 0 Å². The molecule has 0 saturated carbocycles. The van der Waals surface area contributed by atoms with Gasteiger partial charge in [-0.3, -0.25) is 0 Å². The molecule has 0 atom stereocenters. The van der Waals surface area contributed by atoms with Gasteiger partial charge < -0.3 is 4.98 Å². The van der Waals surface area contributed by atoms with Crippen LogP contribution < -0.4 is 0 Å². The molecule has 0 bridgehead atoms. The maximum Gasteiger partial charge on any atom is 0.0653 e. The van der Waals surface area contributed by atoms with Crippen molar-refractivity contribution in [3.05, 3.63) is 84.4 Å². The third-order valence-electron chi connectivity index (χ3n) is 6.28. The second kappa shape index (κ2) is 5.37. The standard InChI is InChI=1S/C27H17NS/c1-15-14-16-8-2-3-9-17(16)25-22(15)24-19-11-5-4-10-18(19)23-20-12-6-7-13-21(20)29-27(23)26(24)28-25/h2-14,28H,1H3. The van der Waals surface area contributed by atoms with Gasteiger partial charge in [-0.1, -0.05) is 72.8 Å². The fourth-order valence-electron chi connectivity index (χ4n) is 5.10. The smallest absolute Gasteiger partial charge is 0.0653 e. The van der Waals surface area contributed by atoms with Crippen molar-refractivity contribution in [3.8, 4) is 0 Å². The molecule has 0 unspecified atom stereocenters. The molecule has 0 aliphatic carbocycles. The van der Waals surface area contributed by atoms with Crippen LogP contribution in [0, 0.1) is 6.92 Å². The fourth-order valence-corrected chi connectivity index (χ4v) is 6.32. The van der Waals surface area contributed by atoms with Crippen LogP contribution in [0.5, 0.6) is 0 Å². The number of hydrogen-bond donors (Lipinski definition) is 1. The van der Waals surface area contributed by atoms with E-state index in [9.17, 15) is 0 Å². The lowest BCUT2D eigenvalue weighted by molar-refractivity contribution is 1.54. The monoisotopic (exact) mass is 387 g/mol. The average Bonchev–Trinajstić information content (AvgIpc) is 3.34. The van der Waals surface area contributed by atoms with Gasteiger partial charge in [0, 0.05) is 31.6 Å². The number of aromatic nitrogens is 1. The van der Waals surface area contributed by atoms with E-state index >= 15 is 0 Å². The minimum absolute atomic E-state index is 1.26. The van der Waals surface area contributed by atoms with Gasteiger partial charge in [-0.15, -0.1) is 11.3 Å². The van der Waals surface area contributed by atoms with Gasteiger partial charge in [0.05, 0.1) is 15.7 Å². The van der Waals surface area contributed by atoms with Gasteiger partial charge in [0.15, 0.2) is 0 Å². The summed E-state index contributed by atoms with van der Waals surface area (Å²) >= 11 is 1.90. The molecule has 7 aromatic rings. The Balaban J connectivity index is 1.89. The van der Waals surface area contributed by atoms with E-state index in [1.165, 1.54) is 69.1 Å². The van der Waals surface area contributed by atoms with Crippen molar-refractivity contribution < 1.29 is 0 Å². The fraction of sp³-hybridized carbons (Fsp3) is 0.0370. The van der Waals surface area contributed by atoms with Crippen molar-refractivity contribution in [1.29, 1.82) is 0 Å². The van der Waals surface area contributed by atoms with Gasteiger partial charge in [-0.2, -0.15) is 0 Å². The van der Waals surface area contributed by atoms with Crippen molar-refractivity contribution in [2.45, 2.75) is 6.92 Å². The first-order valence-electron chi connectivity index (χ1n) is 9.97. The van der Waals surface area contributed by atoms with Crippen LogP contribution in [0.2, 0.25) is 0 Å². The molecule has 0 amide bonds. The number of rotatable bonds is 0. The molecule has 7 rings (SSSR count). The van der Waals surface area contributed by atoms with Crippen LogP contribution in [0.3, 0.4) is 0 Å². The Morgan fingerprint density at radius 1 is 0.621 bits per heavy atom. The van der Waals surface area contributed by atoms with E-state index in [1.807, 2.05) is 11.3 Å². The molecule has 5 aromatic carbocycles. The number of aromatic amines is 1. The van der Waals surface area contributed by atoms with E-state index in [-0.39, 0.29) is 0 Å². The van der Waals surface area contributed by atoms with Crippen LogP contribution in [-0.4, -0.2) is 4.98 Å². The summed E-state index contributed by atoms with van der Waals surface area (Å²) in [6.07, 6.45) is 0. The highest BCUT2D eigenvalue weighted by Gasteiger charge is 2.19. The van der Waals surface area contributed by atoms with Crippen LogP contribution in [0.1, 0.15) is 5.56 Å². The van der Waals surface area contributed by atoms with Crippen LogP contribution in [0.25, 0.3) is 63.5 Å². The zero-order valence-electron chi connectivity index (χ0n) is 15.9. The summed E-state index contributed by atoms with van der Waals surface area (Å²) < 4.78 is 2.71. The molecule has 29 heavy (non-hydrogen) atoms. The molecule has 2 heterocycles. The normalized spacial score (nSPS) is 12.3. The molecule has 2 heteroatoms. The van der Waals surface area contributed by atoms with E-state index < -0.39 is 0 Å². The lowest BCUT2D eigenvalue weighted by Crippen LogP contribution is -1.81. The van der Waals surface area contributed by atoms with Crippen molar-refractivity contribution in [1.82, 2.24) is 4.98 Å². The van der Waals surface area contributed by atoms with E-state index in [1.54, 1.807) is 0 Å². The highest BCUT2D eigenvalue weighted by atomic mass is 32.1. The maximum absolute atomic E-state index is 3.87. The lowest BCUT2D eigenvalue weighted by Gasteiger charge is -2.06. The number of nitrogens with one attached hydrogen (secondary N) is 1. The molecule has 0 spiro atoms. The largest absolute Gasteiger partial charge is 0.353 e. The highest BCUT2D eigenvalue weighted by Crippen LogP contribution is 2.47. The predicted octanol–water partition coefficient (Wildman–Crippen LogP) is 8.30. The summed E-state index contributed by atoms with van der Waals surface area (Å²) in [5.41, 5.74) is 3.86. The predicted molar refractivity (Wildman–Crippen MR) is 128 cm³/mol. The summed E-state index contributed by atoms with van der Waals surface area (Å²) in [4.78, 5) is 3.87. The van der Waals surface area contributed by atoms with E-state index in [2.05, 4.69) is 90.8 Å². The second-order valence-electron chi connectivity index (χ2n) is 7.89. The molecule has 0 radical (unpaired) electrons. The first-order chi connectivity index (χ1) is 14.3. The summed E-state index contributed by atoms with van der Waals surface area (Å²) in [6, 6.07) is 28.7. The van der Waals surface area contributed by atoms with Gasteiger partial charge in [-0.05, 0) is 34.7 Å². The van der Waals surface area contributed by atoms with Crippen LogP contribution >= 0.6 is 11.3 Å². The number of aryl methyl sites for hydroxylation is 1. The summed E-state index contributed by atoms with van der Waals surface area (Å²) in [6.45, 7) is 2.24. The SMILES string of the molecule is Cc1cc2ccccc2c2[nH]c3c4sc5ccccc5c4c4ccccc4c3c12. The molecule has 0 aliphatic rings. The Hall–Kier alpha value is -3.36. The minimum atomic E-state index is 1.26. The Bertz CT molecular complexity index is 1760. The van der Waals surface area contributed by atoms with E-state index in [0.717, 1.165) is 0 Å². The second-order valence-corrected chi connectivity index (χ2v) is 8.94. The van der Waals surface area contributed by atoms with Crippen LogP contribution in [0.4, 0.5) is 0 Å². The summed E-state index contributed by atoms with van der Waals surface area (Å²) in [7, 11) is 0. The highest BCUT2D eigenvalue weighted by molar-refractivity contribution is 7.27. The summed E-state index contributed by atoms with van der Waals surface area (Å²) in [5, 5.41) is 10.7. The lowest BCUT2D eigenvalue weighted by atomic mass is 9.96. The first kappa shape index (κ1) is 15.5. The molecule has 1 nitrogen and oxygen atoms in total. The Morgan fingerprint density at radius 2 is 1.28 bits per heavy atom. The quantitative estimate of drug-likeness (QED) is 0.269. The Kier molecular flexibility index (Phi) is 2.88. The van der Waals surface area contributed by atoms with Gasteiger partial charge in [0.25, 0.3) is 0 Å². The van der Waals surface area contributed by atoms with Crippen molar-refractivity contribution >= 4 is 74.9 Å². The zero-order valence-corrected chi connectivity index (χ0v) is 16.7. The van der Waals surface area contributed by atoms with Gasteiger partial charge in [0.1, 0.15) is 0 Å².